The van der Waals surface area contributed by atoms with Crippen LogP contribution >= 0.6 is 0 Å². The van der Waals surface area contributed by atoms with E-state index in [1.165, 1.54) is 49.9 Å². The highest BCUT2D eigenvalue weighted by atomic mass is 15.0. The first-order valence-corrected chi connectivity index (χ1v) is 14.1. The zero-order valence-electron chi connectivity index (χ0n) is 24.7. The predicted molar refractivity (Wildman–Crippen MR) is 168 cm³/mol. The van der Waals surface area contributed by atoms with Crippen LogP contribution in [0.25, 0.3) is 22.0 Å². The minimum absolute atomic E-state index is 0.787. The SMILES string of the molecule is C=CC(=C)NC1=CCCC(C)=C1Nc1ccc2cc(-c3c(C)c(C)cc(CC)c3C)cc(CC)c2n1.CC. The van der Waals surface area contributed by atoms with Crippen LogP contribution in [0, 0.1) is 20.8 Å². The Labute approximate surface area is 230 Å². The normalized spacial score (nSPS) is 13.0. The first-order chi connectivity index (χ1) is 18.3. The summed E-state index contributed by atoms with van der Waals surface area (Å²) < 4.78 is 0. The van der Waals surface area contributed by atoms with E-state index in [2.05, 4.69) is 102 Å². The van der Waals surface area contributed by atoms with Crippen LogP contribution in [0.5, 0.6) is 0 Å². The lowest BCUT2D eigenvalue weighted by Gasteiger charge is -2.23. The van der Waals surface area contributed by atoms with Gasteiger partial charge in [-0.2, -0.15) is 0 Å². The number of anilines is 1. The number of nitrogens with one attached hydrogen (secondary N) is 2. The Morgan fingerprint density at radius 3 is 2.34 bits per heavy atom. The van der Waals surface area contributed by atoms with Crippen molar-refractivity contribution in [1.29, 1.82) is 0 Å². The predicted octanol–water partition coefficient (Wildman–Crippen LogP) is 9.63. The molecule has 0 atom stereocenters. The van der Waals surface area contributed by atoms with Crippen LogP contribution < -0.4 is 10.6 Å². The van der Waals surface area contributed by atoms with Crippen molar-refractivity contribution < 1.29 is 0 Å². The van der Waals surface area contributed by atoms with Crippen LogP contribution in [0.15, 0.2) is 78.3 Å². The third-order valence-corrected chi connectivity index (χ3v) is 7.49. The molecule has 3 heteroatoms. The van der Waals surface area contributed by atoms with Gasteiger partial charge < -0.3 is 10.6 Å². The summed E-state index contributed by atoms with van der Waals surface area (Å²) in [6.45, 7) is 25.2. The second-order valence-corrected chi connectivity index (χ2v) is 9.88. The summed E-state index contributed by atoms with van der Waals surface area (Å²) in [5.74, 6) is 0.856. The number of hydrogen-bond donors (Lipinski definition) is 2. The van der Waals surface area contributed by atoms with E-state index >= 15 is 0 Å². The maximum atomic E-state index is 5.10. The van der Waals surface area contributed by atoms with Crippen LogP contribution in [-0.2, 0) is 12.8 Å². The van der Waals surface area contributed by atoms with Crippen molar-refractivity contribution in [3.63, 3.8) is 0 Å². The number of fused-ring (bicyclic) bond motifs is 1. The van der Waals surface area contributed by atoms with Crippen molar-refractivity contribution in [2.75, 3.05) is 5.32 Å². The van der Waals surface area contributed by atoms with Gasteiger partial charge in [-0.1, -0.05) is 53.0 Å². The molecule has 0 bridgehead atoms. The smallest absolute Gasteiger partial charge is 0.131 e. The van der Waals surface area contributed by atoms with E-state index in [0.717, 1.165) is 54.1 Å². The molecule has 2 aromatic carbocycles. The number of pyridine rings is 1. The van der Waals surface area contributed by atoms with Gasteiger partial charge in [0.05, 0.1) is 16.9 Å². The number of aromatic nitrogens is 1. The molecule has 0 spiro atoms. The van der Waals surface area contributed by atoms with E-state index < -0.39 is 0 Å². The quantitative estimate of drug-likeness (QED) is 0.298. The van der Waals surface area contributed by atoms with Gasteiger partial charge in [-0.3, -0.25) is 0 Å². The Bertz CT molecular complexity index is 1420. The van der Waals surface area contributed by atoms with Crippen molar-refractivity contribution in [2.24, 2.45) is 0 Å². The lowest BCUT2D eigenvalue weighted by Crippen LogP contribution is -2.20. The maximum absolute atomic E-state index is 5.10. The van der Waals surface area contributed by atoms with Crippen molar-refractivity contribution in [2.45, 2.75) is 81.1 Å². The highest BCUT2D eigenvalue weighted by molar-refractivity contribution is 5.90. The van der Waals surface area contributed by atoms with Crippen LogP contribution in [0.2, 0.25) is 0 Å². The number of aryl methyl sites for hydroxylation is 3. The van der Waals surface area contributed by atoms with Gasteiger partial charge in [0, 0.05) is 11.1 Å². The Balaban J connectivity index is 0.00000195. The standard InChI is InChI=1S/C33H39N3.C2H6/c1-9-22(6)34-29-14-12-13-20(4)32(29)35-30-16-15-27-19-28(18-26(11-3)33(27)36-30)31-23(7)21(5)17-25(10-2)24(31)8;1-2/h9,14-19,34H,1,6,10-13H2,2-5,7-8H3,(H,35,36);1-2H3. The molecule has 3 nitrogen and oxygen atoms in total. The van der Waals surface area contributed by atoms with Gasteiger partial charge in [-0.15, -0.1) is 0 Å². The minimum Gasteiger partial charge on any atom is -0.355 e. The molecule has 38 heavy (non-hydrogen) atoms. The molecule has 200 valence electrons. The summed E-state index contributed by atoms with van der Waals surface area (Å²) in [4.78, 5) is 5.10. The Morgan fingerprint density at radius 1 is 0.974 bits per heavy atom. The zero-order valence-corrected chi connectivity index (χ0v) is 24.7. The molecule has 1 aliphatic rings. The van der Waals surface area contributed by atoms with E-state index in [-0.39, 0.29) is 0 Å². The van der Waals surface area contributed by atoms with Crippen LogP contribution in [0.3, 0.4) is 0 Å². The van der Waals surface area contributed by atoms with Gasteiger partial charge >= 0.3 is 0 Å². The first-order valence-electron chi connectivity index (χ1n) is 14.1. The number of allylic oxidation sites excluding steroid dienone is 3. The molecule has 1 heterocycles. The average molecular weight is 508 g/mol. The van der Waals surface area contributed by atoms with E-state index in [9.17, 15) is 0 Å². The number of nitrogens with zero attached hydrogens (tertiary/aromatic N) is 1. The maximum Gasteiger partial charge on any atom is 0.131 e. The Hall–Kier alpha value is -3.59. The van der Waals surface area contributed by atoms with E-state index in [4.69, 9.17) is 4.98 Å². The van der Waals surface area contributed by atoms with Gasteiger partial charge in [-0.05, 0) is 128 Å². The van der Waals surface area contributed by atoms with Crippen molar-refractivity contribution in [3.05, 3.63) is 106 Å². The van der Waals surface area contributed by atoms with Crippen LogP contribution in [0.1, 0.15) is 75.3 Å². The van der Waals surface area contributed by atoms with E-state index in [1.54, 1.807) is 6.08 Å². The van der Waals surface area contributed by atoms with Crippen molar-refractivity contribution >= 4 is 16.7 Å². The Morgan fingerprint density at radius 2 is 1.68 bits per heavy atom. The fourth-order valence-electron chi connectivity index (χ4n) is 5.24. The summed E-state index contributed by atoms with van der Waals surface area (Å²) in [6.07, 6.45) is 7.97. The molecule has 0 radical (unpaired) electrons. The fourth-order valence-corrected chi connectivity index (χ4v) is 5.24. The summed E-state index contributed by atoms with van der Waals surface area (Å²) in [7, 11) is 0. The molecule has 0 aliphatic heterocycles. The van der Waals surface area contributed by atoms with E-state index in [0.29, 0.717) is 0 Å². The average Bonchev–Trinajstić information content (AvgIpc) is 2.93. The van der Waals surface area contributed by atoms with Gasteiger partial charge in [0.1, 0.15) is 5.82 Å². The fraction of sp³-hybridized carbons (Fsp3) is 0.343. The van der Waals surface area contributed by atoms with Gasteiger partial charge in [0.15, 0.2) is 0 Å². The highest BCUT2D eigenvalue weighted by Crippen LogP contribution is 2.36. The molecule has 0 unspecified atom stereocenters. The highest BCUT2D eigenvalue weighted by Gasteiger charge is 2.17. The van der Waals surface area contributed by atoms with Crippen molar-refractivity contribution in [1.82, 2.24) is 10.3 Å². The summed E-state index contributed by atoms with van der Waals surface area (Å²) in [5, 5.41) is 8.16. The lowest BCUT2D eigenvalue weighted by molar-refractivity contribution is 0.873. The molecule has 0 amide bonds. The van der Waals surface area contributed by atoms with E-state index in [1.807, 2.05) is 13.8 Å². The monoisotopic (exact) mass is 507 g/mol. The molecule has 1 aliphatic carbocycles. The first kappa shape index (κ1) is 29.0. The third-order valence-electron chi connectivity index (χ3n) is 7.49. The summed E-state index contributed by atoms with van der Waals surface area (Å²) >= 11 is 0. The molecular formula is C35H45N3. The van der Waals surface area contributed by atoms with Crippen LogP contribution in [0.4, 0.5) is 5.82 Å². The van der Waals surface area contributed by atoms with Gasteiger partial charge in [0.25, 0.3) is 0 Å². The summed E-state index contributed by atoms with van der Waals surface area (Å²) in [6, 6.07) is 11.3. The van der Waals surface area contributed by atoms with Crippen molar-refractivity contribution in [3.8, 4) is 11.1 Å². The van der Waals surface area contributed by atoms with Gasteiger partial charge in [-0.25, -0.2) is 4.98 Å². The van der Waals surface area contributed by atoms with Gasteiger partial charge in [0.2, 0.25) is 0 Å². The molecule has 2 N–H and O–H groups in total. The molecular weight excluding hydrogens is 462 g/mol. The summed E-state index contributed by atoms with van der Waals surface area (Å²) in [5.41, 5.74) is 14.7. The topological polar surface area (TPSA) is 37.0 Å². The largest absolute Gasteiger partial charge is 0.355 e. The second-order valence-electron chi connectivity index (χ2n) is 9.88. The molecule has 0 fully saturated rings. The third kappa shape index (κ3) is 5.93. The number of rotatable bonds is 8. The molecule has 3 aromatic rings. The lowest BCUT2D eigenvalue weighted by atomic mass is 9.87. The molecule has 1 aromatic heterocycles. The molecule has 0 saturated carbocycles. The second kappa shape index (κ2) is 12.8. The molecule has 4 rings (SSSR count). The minimum atomic E-state index is 0.787. The zero-order chi connectivity index (χ0) is 28.0. The number of hydrogen-bond acceptors (Lipinski definition) is 3. The van der Waals surface area contributed by atoms with Crippen LogP contribution in [-0.4, -0.2) is 4.98 Å². The number of benzene rings is 2. The molecule has 0 saturated heterocycles. The Kier molecular flexibility index (Phi) is 9.74.